The lowest BCUT2D eigenvalue weighted by atomic mass is 10.1. The average Bonchev–Trinajstić information content (AvgIpc) is 3.09. The lowest BCUT2D eigenvalue weighted by Gasteiger charge is -2.30. The molecule has 0 spiro atoms. The maximum absolute atomic E-state index is 13.3. The maximum atomic E-state index is 13.3. The monoisotopic (exact) mass is 436 g/mol. The number of ether oxygens (including phenoxy) is 2. The van der Waals surface area contributed by atoms with Crippen LogP contribution in [0.1, 0.15) is 18.4 Å². The highest BCUT2D eigenvalue weighted by atomic mass is 32.2. The highest BCUT2D eigenvalue weighted by Crippen LogP contribution is 2.32. The second-order valence-electron chi connectivity index (χ2n) is 6.92. The van der Waals surface area contributed by atoms with E-state index in [0.717, 1.165) is 16.0 Å². The van der Waals surface area contributed by atoms with Crippen LogP contribution in [0.25, 0.3) is 10.2 Å². The summed E-state index contributed by atoms with van der Waals surface area (Å²) in [5.74, 6) is 0.111. The Kier molecular flexibility index (Phi) is 5.71. The molecule has 1 aliphatic rings. The Bertz CT molecular complexity index is 1110. The molecule has 0 bridgehead atoms. The van der Waals surface area contributed by atoms with E-state index >= 15 is 0 Å². The van der Waals surface area contributed by atoms with Gasteiger partial charge in [0.15, 0.2) is 0 Å². The average molecular weight is 437 g/mol. The zero-order valence-electron chi connectivity index (χ0n) is 15.9. The van der Waals surface area contributed by atoms with Gasteiger partial charge in [0, 0.05) is 19.2 Å². The van der Waals surface area contributed by atoms with Crippen LogP contribution >= 0.6 is 11.3 Å². The molecule has 154 valence electrons. The summed E-state index contributed by atoms with van der Waals surface area (Å²) in [6, 6.07) is 11.4. The first-order chi connectivity index (χ1) is 13.9. The molecule has 2 heterocycles. The molecule has 0 atom stereocenters. The molecule has 0 N–H and O–H groups in total. The second kappa shape index (κ2) is 8.25. The minimum absolute atomic E-state index is 0.0851. The first-order valence-electron chi connectivity index (χ1n) is 9.26. The van der Waals surface area contributed by atoms with E-state index in [9.17, 15) is 12.8 Å². The molecule has 1 aromatic heterocycles. The van der Waals surface area contributed by atoms with Crippen molar-refractivity contribution in [2.45, 2.75) is 24.7 Å². The van der Waals surface area contributed by atoms with Crippen LogP contribution in [0.15, 0.2) is 42.5 Å². The van der Waals surface area contributed by atoms with E-state index in [-0.39, 0.29) is 11.9 Å². The molecule has 0 aliphatic carbocycles. The lowest BCUT2D eigenvalue weighted by molar-refractivity contribution is 0.135. The van der Waals surface area contributed by atoms with E-state index in [4.69, 9.17) is 9.47 Å². The van der Waals surface area contributed by atoms with Crippen LogP contribution in [0.5, 0.6) is 10.9 Å². The summed E-state index contributed by atoms with van der Waals surface area (Å²) in [5, 5.41) is 0.578. The Morgan fingerprint density at radius 3 is 2.72 bits per heavy atom. The number of aromatic nitrogens is 1. The topological polar surface area (TPSA) is 68.7 Å². The fourth-order valence-electron chi connectivity index (χ4n) is 3.36. The van der Waals surface area contributed by atoms with Gasteiger partial charge in [0.05, 0.1) is 23.1 Å². The van der Waals surface area contributed by atoms with Crippen LogP contribution in [0.2, 0.25) is 0 Å². The summed E-state index contributed by atoms with van der Waals surface area (Å²) in [5.41, 5.74) is 1.27. The number of thiazole rings is 1. The van der Waals surface area contributed by atoms with Crippen molar-refractivity contribution in [1.29, 1.82) is 0 Å². The third-order valence-corrected chi connectivity index (χ3v) is 7.65. The molecule has 0 saturated carbocycles. The molecule has 4 rings (SSSR count). The van der Waals surface area contributed by atoms with E-state index in [0.29, 0.717) is 36.7 Å². The predicted octanol–water partition coefficient (Wildman–Crippen LogP) is 3.82. The van der Waals surface area contributed by atoms with Crippen molar-refractivity contribution in [3.8, 4) is 10.9 Å². The van der Waals surface area contributed by atoms with E-state index in [2.05, 4.69) is 4.98 Å². The molecule has 0 unspecified atom stereocenters. The van der Waals surface area contributed by atoms with Crippen molar-refractivity contribution in [1.82, 2.24) is 9.29 Å². The summed E-state index contributed by atoms with van der Waals surface area (Å²) in [4.78, 5) is 4.50. The van der Waals surface area contributed by atoms with Crippen LogP contribution in [-0.4, -0.2) is 44.0 Å². The number of nitrogens with zero attached hydrogens (tertiary/aromatic N) is 2. The normalized spacial score (nSPS) is 16.2. The molecule has 2 aromatic carbocycles. The van der Waals surface area contributed by atoms with Crippen LogP contribution in [-0.2, 0) is 15.8 Å². The number of methoxy groups -OCH3 is 1. The molecule has 1 fully saturated rings. The summed E-state index contributed by atoms with van der Waals surface area (Å²) in [6.45, 7) is 0.752. The van der Waals surface area contributed by atoms with Gasteiger partial charge in [-0.15, -0.1) is 0 Å². The molecular weight excluding hydrogens is 415 g/mol. The van der Waals surface area contributed by atoms with Gasteiger partial charge in [-0.1, -0.05) is 23.5 Å². The zero-order chi connectivity index (χ0) is 20.4. The summed E-state index contributed by atoms with van der Waals surface area (Å²) >= 11 is 1.46. The maximum Gasteiger partial charge on any atom is 0.274 e. The van der Waals surface area contributed by atoms with Gasteiger partial charge in [-0.2, -0.15) is 0 Å². The first-order valence-corrected chi connectivity index (χ1v) is 11.7. The fraction of sp³-hybridized carbons (Fsp3) is 0.350. The Morgan fingerprint density at radius 2 is 2.00 bits per heavy atom. The molecule has 6 nitrogen and oxygen atoms in total. The first kappa shape index (κ1) is 20.1. The van der Waals surface area contributed by atoms with Crippen molar-refractivity contribution in [2.24, 2.45) is 0 Å². The summed E-state index contributed by atoms with van der Waals surface area (Å²) < 4.78 is 52.3. The predicted molar refractivity (Wildman–Crippen MR) is 110 cm³/mol. The van der Waals surface area contributed by atoms with Gasteiger partial charge in [-0.05, 0) is 42.7 Å². The quantitative estimate of drug-likeness (QED) is 0.588. The van der Waals surface area contributed by atoms with Crippen LogP contribution in [0.4, 0.5) is 4.39 Å². The Labute approximate surface area is 172 Å². The van der Waals surface area contributed by atoms with Gasteiger partial charge < -0.3 is 9.47 Å². The number of hydrogen-bond acceptors (Lipinski definition) is 6. The third-order valence-electron chi connectivity index (χ3n) is 4.88. The molecule has 1 saturated heterocycles. The van der Waals surface area contributed by atoms with Gasteiger partial charge in [0.1, 0.15) is 17.7 Å². The molecule has 0 amide bonds. The molecule has 1 aliphatic heterocycles. The van der Waals surface area contributed by atoms with Crippen LogP contribution in [0.3, 0.4) is 0 Å². The minimum Gasteiger partial charge on any atom is -0.497 e. The molecule has 29 heavy (non-hydrogen) atoms. The van der Waals surface area contributed by atoms with Crippen molar-refractivity contribution in [2.75, 3.05) is 20.2 Å². The van der Waals surface area contributed by atoms with Gasteiger partial charge >= 0.3 is 0 Å². The highest BCUT2D eigenvalue weighted by molar-refractivity contribution is 7.88. The second-order valence-corrected chi connectivity index (χ2v) is 9.88. The fourth-order valence-corrected chi connectivity index (χ4v) is 5.77. The van der Waals surface area contributed by atoms with Crippen molar-refractivity contribution < 1.29 is 22.3 Å². The number of piperidine rings is 1. The number of rotatable bonds is 6. The van der Waals surface area contributed by atoms with Gasteiger partial charge in [0.2, 0.25) is 10.0 Å². The Morgan fingerprint density at radius 1 is 1.21 bits per heavy atom. The van der Waals surface area contributed by atoms with E-state index in [1.807, 2.05) is 18.2 Å². The van der Waals surface area contributed by atoms with E-state index in [1.165, 1.54) is 33.8 Å². The van der Waals surface area contributed by atoms with Crippen molar-refractivity contribution >= 4 is 31.6 Å². The molecule has 3 aromatic rings. The Hall–Kier alpha value is -2.23. The van der Waals surface area contributed by atoms with Crippen molar-refractivity contribution in [3.63, 3.8) is 0 Å². The summed E-state index contributed by atoms with van der Waals surface area (Å²) in [7, 11) is -1.88. The minimum atomic E-state index is -3.49. The van der Waals surface area contributed by atoms with Crippen LogP contribution in [0, 0.1) is 5.82 Å². The standard InChI is InChI=1S/C20H21FN2O4S2/c1-26-17-5-6-19-18(12-17)22-20(28-19)27-16-7-9-23(10-8-16)29(24,25)13-14-3-2-4-15(21)11-14/h2-6,11-12,16H,7-10,13H2,1H3. The van der Waals surface area contributed by atoms with E-state index in [1.54, 1.807) is 13.2 Å². The SMILES string of the molecule is COc1ccc2sc(OC3CCN(S(=O)(=O)Cc4cccc(F)c4)CC3)nc2c1. The van der Waals surface area contributed by atoms with Gasteiger partial charge in [-0.3, -0.25) is 0 Å². The zero-order valence-corrected chi connectivity index (χ0v) is 17.5. The number of sulfonamides is 1. The smallest absolute Gasteiger partial charge is 0.274 e. The summed E-state index contributed by atoms with van der Waals surface area (Å²) in [6.07, 6.45) is 1.08. The highest BCUT2D eigenvalue weighted by Gasteiger charge is 2.29. The Balaban J connectivity index is 1.36. The third kappa shape index (κ3) is 4.68. The van der Waals surface area contributed by atoms with Crippen LogP contribution < -0.4 is 9.47 Å². The lowest BCUT2D eigenvalue weighted by Crippen LogP contribution is -2.42. The van der Waals surface area contributed by atoms with Gasteiger partial charge in [-0.25, -0.2) is 22.1 Å². The molecule has 9 heteroatoms. The molecular formula is C20H21FN2O4S2. The molecule has 0 radical (unpaired) electrons. The number of hydrogen-bond donors (Lipinski definition) is 0. The van der Waals surface area contributed by atoms with Gasteiger partial charge in [0.25, 0.3) is 5.19 Å². The number of benzene rings is 2. The largest absolute Gasteiger partial charge is 0.497 e. The van der Waals surface area contributed by atoms with Crippen molar-refractivity contribution in [3.05, 3.63) is 53.8 Å². The number of halogens is 1. The van der Waals surface area contributed by atoms with E-state index < -0.39 is 15.8 Å². The number of fused-ring (bicyclic) bond motifs is 1.